The fraction of sp³-hybridized carbons (Fsp3) is 0.286. The van der Waals surface area contributed by atoms with Crippen LogP contribution in [0.4, 0.5) is 4.39 Å². The van der Waals surface area contributed by atoms with Crippen LogP contribution in [0, 0.1) is 5.82 Å². The lowest BCUT2D eigenvalue weighted by Crippen LogP contribution is -2.34. The molecule has 0 aliphatic rings. The van der Waals surface area contributed by atoms with Crippen molar-refractivity contribution in [3.63, 3.8) is 0 Å². The van der Waals surface area contributed by atoms with E-state index in [1.54, 1.807) is 18.3 Å². The molecule has 1 atom stereocenters. The van der Waals surface area contributed by atoms with Crippen molar-refractivity contribution in [1.29, 1.82) is 0 Å². The van der Waals surface area contributed by atoms with Gasteiger partial charge in [-0.1, -0.05) is 12.1 Å². The first-order valence-electron chi connectivity index (χ1n) is 6.45. The normalized spacial score (nSPS) is 13.3. The summed E-state index contributed by atoms with van der Waals surface area (Å²) in [5.41, 5.74) is 5.92. The summed E-state index contributed by atoms with van der Waals surface area (Å²) in [6, 6.07) is 7.18. The fourth-order valence-corrected chi connectivity index (χ4v) is 4.39. The van der Waals surface area contributed by atoms with Gasteiger partial charge in [0.15, 0.2) is 0 Å². The molecule has 0 saturated heterocycles. The highest BCUT2D eigenvalue weighted by Crippen LogP contribution is 2.18. The zero-order valence-electron chi connectivity index (χ0n) is 11.5. The number of benzene rings is 1. The van der Waals surface area contributed by atoms with Gasteiger partial charge in [0.1, 0.15) is 5.82 Å². The zero-order chi connectivity index (χ0) is 15.5. The minimum Gasteiger partial charge on any atom is -0.326 e. The van der Waals surface area contributed by atoms with Crippen molar-refractivity contribution in [3.8, 4) is 0 Å². The number of sulfonamides is 1. The minimum atomic E-state index is -3.79. The van der Waals surface area contributed by atoms with E-state index in [0.717, 1.165) is 10.9 Å². The molecule has 3 N–H and O–H groups in total. The number of hydrogen-bond donors (Lipinski definition) is 2. The highest BCUT2D eigenvalue weighted by atomic mass is 32.2. The molecule has 21 heavy (non-hydrogen) atoms. The number of nitrogens with two attached hydrogens (primary N) is 1. The van der Waals surface area contributed by atoms with Crippen LogP contribution in [0.3, 0.4) is 0 Å². The second kappa shape index (κ2) is 6.65. The van der Waals surface area contributed by atoms with Crippen molar-refractivity contribution >= 4 is 21.4 Å². The van der Waals surface area contributed by atoms with Gasteiger partial charge < -0.3 is 5.73 Å². The molecule has 2 rings (SSSR count). The van der Waals surface area contributed by atoms with E-state index in [1.807, 2.05) is 17.5 Å². The molecule has 0 fully saturated rings. The summed E-state index contributed by atoms with van der Waals surface area (Å²) < 4.78 is 40.6. The molecule has 0 saturated carbocycles. The van der Waals surface area contributed by atoms with E-state index < -0.39 is 15.8 Å². The van der Waals surface area contributed by atoms with Gasteiger partial charge in [-0.05, 0) is 42.5 Å². The number of hydrogen-bond acceptors (Lipinski definition) is 4. The summed E-state index contributed by atoms with van der Waals surface area (Å²) in [4.78, 5) is 0.992. The van der Waals surface area contributed by atoms with Crippen molar-refractivity contribution in [3.05, 3.63) is 52.0 Å². The Morgan fingerprint density at radius 2 is 2.14 bits per heavy atom. The topological polar surface area (TPSA) is 72.2 Å². The van der Waals surface area contributed by atoms with Gasteiger partial charge in [-0.3, -0.25) is 0 Å². The second-order valence-corrected chi connectivity index (χ2v) is 7.48. The summed E-state index contributed by atoms with van der Waals surface area (Å²) in [6.45, 7) is 1.81. The second-order valence-electron chi connectivity index (χ2n) is 4.76. The number of nitrogens with one attached hydrogen (secondary N) is 1. The van der Waals surface area contributed by atoms with Crippen LogP contribution >= 0.6 is 11.3 Å². The molecule has 1 aromatic carbocycles. The van der Waals surface area contributed by atoms with Gasteiger partial charge in [0.05, 0.1) is 4.90 Å². The van der Waals surface area contributed by atoms with Crippen LogP contribution in [0.2, 0.25) is 0 Å². The van der Waals surface area contributed by atoms with E-state index in [4.69, 9.17) is 5.73 Å². The maximum Gasteiger partial charge on any atom is 0.241 e. The summed E-state index contributed by atoms with van der Waals surface area (Å²) in [5, 5.41) is 1.94. The lowest BCUT2D eigenvalue weighted by Gasteiger charge is -2.15. The van der Waals surface area contributed by atoms with Gasteiger partial charge in [-0.15, -0.1) is 11.3 Å². The monoisotopic (exact) mass is 328 g/mol. The van der Waals surface area contributed by atoms with Crippen molar-refractivity contribution in [2.75, 3.05) is 0 Å². The van der Waals surface area contributed by atoms with Crippen molar-refractivity contribution in [1.82, 2.24) is 4.72 Å². The van der Waals surface area contributed by atoms with Crippen molar-refractivity contribution in [2.24, 2.45) is 5.73 Å². The third-order valence-electron chi connectivity index (χ3n) is 2.98. The van der Waals surface area contributed by atoms with Crippen LogP contribution < -0.4 is 10.5 Å². The molecule has 4 nitrogen and oxygen atoms in total. The van der Waals surface area contributed by atoms with Crippen LogP contribution in [0.1, 0.15) is 17.4 Å². The minimum absolute atomic E-state index is 0.0375. The fourth-order valence-electron chi connectivity index (χ4n) is 2.05. The lowest BCUT2D eigenvalue weighted by atomic mass is 10.2. The third kappa shape index (κ3) is 4.10. The van der Waals surface area contributed by atoms with Crippen LogP contribution in [0.5, 0.6) is 0 Å². The van der Waals surface area contributed by atoms with Gasteiger partial charge in [-0.2, -0.15) is 0 Å². The molecule has 1 unspecified atom stereocenters. The Morgan fingerprint density at radius 3 is 2.76 bits per heavy atom. The van der Waals surface area contributed by atoms with Crippen LogP contribution in [-0.4, -0.2) is 14.5 Å². The molecule has 7 heteroatoms. The zero-order valence-corrected chi connectivity index (χ0v) is 13.2. The Labute approximate surface area is 127 Å². The smallest absolute Gasteiger partial charge is 0.241 e. The standard InChI is InChI=1S/C14H17FN2O2S2/c1-10(7-13-3-2-6-20-13)17-21(18,19)14-8-12(15)5-4-11(14)9-16/h2-6,8,10,17H,7,9,16H2,1H3. The molecule has 2 aromatic rings. The largest absolute Gasteiger partial charge is 0.326 e. The van der Waals surface area contributed by atoms with Gasteiger partial charge in [0, 0.05) is 17.5 Å². The predicted octanol–water partition coefficient (Wildman–Crippen LogP) is 2.26. The molecule has 1 aromatic heterocycles. The number of rotatable bonds is 6. The summed E-state index contributed by atoms with van der Waals surface area (Å²) in [7, 11) is -3.79. The Bertz CT molecular complexity index is 700. The molecule has 0 radical (unpaired) electrons. The van der Waals surface area contributed by atoms with Crippen LogP contribution in [0.25, 0.3) is 0 Å². The first-order valence-corrected chi connectivity index (χ1v) is 8.82. The highest BCUT2D eigenvalue weighted by Gasteiger charge is 2.21. The molecule has 0 aliphatic heterocycles. The first kappa shape index (κ1) is 16.1. The Hall–Kier alpha value is -1.28. The molecule has 0 aliphatic carbocycles. The molecular weight excluding hydrogens is 311 g/mol. The van der Waals surface area contributed by atoms with Crippen LogP contribution in [0.15, 0.2) is 40.6 Å². The third-order valence-corrected chi connectivity index (χ3v) is 5.55. The molecule has 0 spiro atoms. The van der Waals surface area contributed by atoms with E-state index in [1.165, 1.54) is 12.1 Å². The van der Waals surface area contributed by atoms with E-state index in [2.05, 4.69) is 4.72 Å². The predicted molar refractivity (Wildman–Crippen MR) is 82.1 cm³/mol. The summed E-state index contributed by atoms with van der Waals surface area (Å²) >= 11 is 1.57. The maximum absolute atomic E-state index is 13.3. The lowest BCUT2D eigenvalue weighted by molar-refractivity contribution is 0.556. The van der Waals surface area contributed by atoms with Gasteiger partial charge in [0.25, 0.3) is 0 Å². The SMILES string of the molecule is CC(Cc1cccs1)NS(=O)(=O)c1cc(F)ccc1CN. The Balaban J connectivity index is 2.20. The van der Waals surface area contributed by atoms with E-state index in [-0.39, 0.29) is 17.5 Å². The maximum atomic E-state index is 13.3. The van der Waals surface area contributed by atoms with Crippen molar-refractivity contribution < 1.29 is 12.8 Å². The molecular formula is C14H17FN2O2S2. The summed E-state index contributed by atoms with van der Waals surface area (Å²) in [6.07, 6.45) is 0.587. The Kier molecular flexibility index (Phi) is 5.10. The average molecular weight is 328 g/mol. The molecule has 1 heterocycles. The average Bonchev–Trinajstić information content (AvgIpc) is 2.90. The molecule has 0 bridgehead atoms. The van der Waals surface area contributed by atoms with E-state index >= 15 is 0 Å². The van der Waals surface area contributed by atoms with Gasteiger partial charge in [-0.25, -0.2) is 17.5 Å². The quantitative estimate of drug-likeness (QED) is 0.854. The molecule has 0 amide bonds. The van der Waals surface area contributed by atoms with Gasteiger partial charge in [0.2, 0.25) is 10.0 Å². The van der Waals surface area contributed by atoms with E-state index in [0.29, 0.717) is 12.0 Å². The van der Waals surface area contributed by atoms with E-state index in [9.17, 15) is 12.8 Å². The van der Waals surface area contributed by atoms with Crippen molar-refractivity contribution in [2.45, 2.75) is 30.8 Å². The highest BCUT2D eigenvalue weighted by molar-refractivity contribution is 7.89. The first-order chi connectivity index (χ1) is 9.92. The summed E-state index contributed by atoms with van der Waals surface area (Å²) in [5.74, 6) is -0.599. The number of thiophene rings is 1. The Morgan fingerprint density at radius 1 is 1.38 bits per heavy atom. The van der Waals surface area contributed by atoms with Gasteiger partial charge >= 0.3 is 0 Å². The molecule has 114 valence electrons. The van der Waals surface area contributed by atoms with Crippen LogP contribution in [-0.2, 0) is 23.0 Å². The number of halogens is 1.